The quantitative estimate of drug-likeness (QED) is 0.716. The van der Waals surface area contributed by atoms with Crippen molar-refractivity contribution in [2.24, 2.45) is 10.8 Å². The zero-order valence-electron chi connectivity index (χ0n) is 11.4. The predicted octanol–water partition coefficient (Wildman–Crippen LogP) is 4.14. The molecular weight excluding hydrogens is 326 g/mol. The van der Waals surface area contributed by atoms with E-state index in [0.29, 0.717) is 0 Å². The summed E-state index contributed by atoms with van der Waals surface area (Å²) in [6, 6.07) is 0. The maximum absolute atomic E-state index is 11.9. The monoisotopic (exact) mass is 348 g/mol. The molecule has 0 aromatic carbocycles. The molecule has 0 saturated carbocycles. The van der Waals surface area contributed by atoms with Crippen LogP contribution in [-0.2, 0) is 9.59 Å². The van der Waals surface area contributed by atoms with Crippen LogP contribution in [0.4, 0.5) is 0 Å². The Balaban J connectivity index is 4.62. The van der Waals surface area contributed by atoms with Crippen LogP contribution < -0.4 is 0 Å². The molecule has 0 N–H and O–H groups in total. The van der Waals surface area contributed by atoms with Crippen molar-refractivity contribution >= 4 is 42.8 Å². The van der Waals surface area contributed by atoms with Crippen molar-refractivity contribution < 1.29 is 9.59 Å². The first-order chi connectivity index (χ1) is 7.26. The topological polar surface area (TPSA) is 34.1 Å². The Hall–Kier alpha value is 0.439. The Morgan fingerprint density at radius 3 is 1.24 bits per heavy atom. The van der Waals surface area contributed by atoms with Gasteiger partial charge in [0, 0.05) is 0 Å². The van der Waals surface area contributed by atoms with Crippen molar-refractivity contribution in [1.82, 2.24) is 0 Å². The SMILES string of the molecule is CC(C)(C)C(=O)C[Se](Cl)(Cl)CC(=O)C(C)(C)C. The second-order valence-electron chi connectivity index (χ2n) is 6.33. The third-order valence-corrected chi connectivity index (χ3v) is 7.50. The van der Waals surface area contributed by atoms with E-state index in [9.17, 15) is 9.59 Å². The Labute approximate surface area is 115 Å². The van der Waals surface area contributed by atoms with Gasteiger partial charge in [0.1, 0.15) is 0 Å². The van der Waals surface area contributed by atoms with Crippen LogP contribution in [0.1, 0.15) is 41.5 Å². The van der Waals surface area contributed by atoms with Gasteiger partial charge in [-0.2, -0.15) is 0 Å². The molecule has 0 saturated heterocycles. The Kier molecular flexibility index (Phi) is 5.75. The van der Waals surface area contributed by atoms with Gasteiger partial charge in [0.05, 0.1) is 0 Å². The summed E-state index contributed by atoms with van der Waals surface area (Å²) in [6.45, 7) is 11.0. The van der Waals surface area contributed by atoms with Crippen molar-refractivity contribution in [3.8, 4) is 0 Å². The Bertz CT molecular complexity index is 281. The normalized spacial score (nSPS) is 14.6. The van der Waals surface area contributed by atoms with E-state index in [4.69, 9.17) is 20.2 Å². The van der Waals surface area contributed by atoms with E-state index in [-0.39, 0.29) is 22.2 Å². The summed E-state index contributed by atoms with van der Waals surface area (Å²) in [5.74, 6) is 0.0634. The summed E-state index contributed by atoms with van der Waals surface area (Å²) < 4.78 is 0. The molecule has 0 amide bonds. The first-order valence-electron chi connectivity index (χ1n) is 5.50. The number of carbonyl (C=O) groups excluding carboxylic acids is 2. The third kappa shape index (κ3) is 6.81. The second-order valence-corrected chi connectivity index (χ2v) is 17.4. The van der Waals surface area contributed by atoms with Crippen LogP contribution in [0.15, 0.2) is 0 Å². The number of ketones is 2. The molecule has 17 heavy (non-hydrogen) atoms. The summed E-state index contributed by atoms with van der Waals surface area (Å²) in [5.41, 5.74) is -0.894. The molecule has 0 spiro atoms. The molecule has 2 nitrogen and oxygen atoms in total. The van der Waals surface area contributed by atoms with Crippen molar-refractivity contribution in [2.45, 2.75) is 52.2 Å². The molecule has 0 heterocycles. The molecule has 0 aromatic heterocycles. The summed E-state index contributed by atoms with van der Waals surface area (Å²) in [5, 5.41) is 0.315. The van der Waals surface area contributed by atoms with Gasteiger partial charge >= 0.3 is 115 Å². The van der Waals surface area contributed by atoms with Crippen molar-refractivity contribution in [3.05, 3.63) is 0 Å². The summed E-state index contributed by atoms with van der Waals surface area (Å²) in [7, 11) is 12.4. The van der Waals surface area contributed by atoms with Gasteiger partial charge in [-0.1, -0.05) is 0 Å². The van der Waals surface area contributed by atoms with E-state index >= 15 is 0 Å². The average molecular weight is 348 g/mol. The van der Waals surface area contributed by atoms with E-state index in [1.165, 1.54) is 0 Å². The van der Waals surface area contributed by atoms with Gasteiger partial charge in [0.25, 0.3) is 0 Å². The van der Waals surface area contributed by atoms with Gasteiger partial charge < -0.3 is 0 Å². The molecule has 0 aliphatic heterocycles. The minimum absolute atomic E-state index is 0.0317. The van der Waals surface area contributed by atoms with Crippen molar-refractivity contribution in [3.63, 3.8) is 0 Å². The van der Waals surface area contributed by atoms with Gasteiger partial charge in [-0.05, 0) is 0 Å². The fraction of sp³-hybridized carbons (Fsp3) is 0.833. The molecule has 0 unspecified atom stereocenters. The summed E-state index contributed by atoms with van der Waals surface area (Å²) in [4.78, 5) is 23.7. The number of carbonyl (C=O) groups is 2. The summed E-state index contributed by atoms with van der Waals surface area (Å²) >= 11 is -2.99. The minimum atomic E-state index is -2.99. The van der Waals surface area contributed by atoms with Crippen LogP contribution in [0.5, 0.6) is 0 Å². The Morgan fingerprint density at radius 2 is 1.06 bits per heavy atom. The number of hydrogen-bond donors (Lipinski definition) is 0. The molecule has 0 rings (SSSR count). The van der Waals surface area contributed by atoms with E-state index in [1.807, 2.05) is 41.5 Å². The van der Waals surface area contributed by atoms with Crippen LogP contribution in [-0.4, -0.2) is 22.6 Å². The van der Waals surface area contributed by atoms with E-state index < -0.39 is 21.9 Å². The fourth-order valence-corrected chi connectivity index (χ4v) is 6.57. The zero-order chi connectivity index (χ0) is 14.1. The van der Waals surface area contributed by atoms with Crippen LogP contribution in [0.3, 0.4) is 0 Å². The third-order valence-electron chi connectivity index (χ3n) is 2.36. The molecular formula is C12H22Cl2O2Se. The molecule has 0 aromatic rings. The molecule has 0 aliphatic rings. The predicted molar refractivity (Wildman–Crippen MR) is 76.0 cm³/mol. The number of halogens is 2. The summed E-state index contributed by atoms with van der Waals surface area (Å²) in [6.07, 6.45) is 0. The zero-order valence-corrected chi connectivity index (χ0v) is 14.6. The van der Waals surface area contributed by atoms with E-state index in [1.54, 1.807) is 0 Å². The molecule has 0 aliphatic carbocycles. The number of rotatable bonds is 4. The van der Waals surface area contributed by atoms with Gasteiger partial charge in [0.2, 0.25) is 0 Å². The maximum atomic E-state index is 11.9. The van der Waals surface area contributed by atoms with Gasteiger partial charge in [-0.15, -0.1) is 0 Å². The molecule has 5 heteroatoms. The molecule has 0 fully saturated rings. The first kappa shape index (κ1) is 17.4. The molecule has 0 radical (unpaired) electrons. The van der Waals surface area contributed by atoms with Gasteiger partial charge in [-0.3, -0.25) is 0 Å². The second kappa shape index (κ2) is 5.61. The van der Waals surface area contributed by atoms with Crippen LogP contribution in [0.2, 0.25) is 10.6 Å². The van der Waals surface area contributed by atoms with Gasteiger partial charge in [0.15, 0.2) is 0 Å². The van der Waals surface area contributed by atoms with Crippen LogP contribution >= 0.6 is 20.2 Å². The van der Waals surface area contributed by atoms with Crippen molar-refractivity contribution in [2.75, 3.05) is 0 Å². The number of Topliss-reactive ketones (excluding diaryl/α,β-unsaturated/α-hetero) is 2. The van der Waals surface area contributed by atoms with E-state index in [2.05, 4.69) is 0 Å². The van der Waals surface area contributed by atoms with Crippen molar-refractivity contribution in [1.29, 1.82) is 0 Å². The van der Waals surface area contributed by atoms with Crippen LogP contribution in [0, 0.1) is 10.8 Å². The van der Waals surface area contributed by atoms with E-state index in [0.717, 1.165) is 0 Å². The van der Waals surface area contributed by atoms with Gasteiger partial charge in [-0.25, -0.2) is 0 Å². The number of hydrogen-bond acceptors (Lipinski definition) is 2. The standard InChI is InChI=1S/C12H22Cl2O2Se/c1-11(2,3)9(15)7-17(13,14)8-10(16)12(4,5)6/h7-8H2,1-6H3. The molecule has 102 valence electrons. The first-order valence-corrected chi connectivity index (χ1v) is 12.4. The van der Waals surface area contributed by atoms with Crippen LogP contribution in [0.25, 0.3) is 0 Å². The fourth-order valence-electron chi connectivity index (χ4n) is 0.868. The molecule has 0 bridgehead atoms. The molecule has 0 atom stereocenters. The Morgan fingerprint density at radius 1 is 0.824 bits per heavy atom. The average Bonchev–Trinajstić information content (AvgIpc) is 1.97.